The second-order valence-electron chi connectivity index (χ2n) is 4.14. The van der Waals surface area contributed by atoms with Crippen LogP contribution in [0.4, 0.5) is 11.4 Å². The van der Waals surface area contributed by atoms with Crippen molar-refractivity contribution in [3.8, 4) is 5.75 Å². The SMILES string of the molecule is CC(C(=O)O)C(=O)N1C(=O)COc2ccc(N)cc21. The van der Waals surface area contributed by atoms with Crippen molar-refractivity contribution >= 4 is 29.2 Å². The van der Waals surface area contributed by atoms with Crippen LogP contribution < -0.4 is 15.4 Å². The Balaban J connectivity index is 2.46. The van der Waals surface area contributed by atoms with Crippen LogP contribution in [0.1, 0.15) is 6.92 Å². The van der Waals surface area contributed by atoms with Crippen LogP contribution in [0.15, 0.2) is 18.2 Å². The van der Waals surface area contributed by atoms with E-state index < -0.39 is 23.7 Å². The molecular weight excluding hydrogens is 252 g/mol. The van der Waals surface area contributed by atoms with Crippen molar-refractivity contribution in [2.45, 2.75) is 6.92 Å². The molecule has 0 saturated carbocycles. The van der Waals surface area contributed by atoms with Gasteiger partial charge in [-0.15, -0.1) is 0 Å². The number of carbonyl (C=O) groups excluding carboxylic acids is 2. The van der Waals surface area contributed by atoms with E-state index in [9.17, 15) is 14.4 Å². The molecule has 100 valence electrons. The van der Waals surface area contributed by atoms with E-state index in [1.165, 1.54) is 19.1 Å². The van der Waals surface area contributed by atoms with Gasteiger partial charge in [0.2, 0.25) is 5.91 Å². The molecule has 1 aliphatic heterocycles. The molecule has 0 spiro atoms. The number of rotatable bonds is 2. The number of aliphatic carboxylic acids is 1. The van der Waals surface area contributed by atoms with Gasteiger partial charge in [0.15, 0.2) is 6.61 Å². The summed E-state index contributed by atoms with van der Waals surface area (Å²) in [6.07, 6.45) is 0. The summed E-state index contributed by atoms with van der Waals surface area (Å²) in [4.78, 5) is 35.5. The van der Waals surface area contributed by atoms with E-state index in [1.54, 1.807) is 6.07 Å². The summed E-state index contributed by atoms with van der Waals surface area (Å²) in [6.45, 7) is 0.911. The Morgan fingerprint density at radius 2 is 2.16 bits per heavy atom. The first-order chi connectivity index (χ1) is 8.91. The van der Waals surface area contributed by atoms with Gasteiger partial charge in [0, 0.05) is 5.69 Å². The Morgan fingerprint density at radius 3 is 2.79 bits per heavy atom. The van der Waals surface area contributed by atoms with E-state index in [0.717, 1.165) is 4.90 Å². The molecule has 2 rings (SSSR count). The lowest BCUT2D eigenvalue weighted by atomic mass is 10.1. The average molecular weight is 264 g/mol. The van der Waals surface area contributed by atoms with Crippen molar-refractivity contribution in [2.24, 2.45) is 5.92 Å². The molecule has 1 aromatic carbocycles. The first-order valence-electron chi connectivity index (χ1n) is 5.53. The number of hydrogen-bond acceptors (Lipinski definition) is 5. The summed E-state index contributed by atoms with van der Waals surface area (Å²) in [5.41, 5.74) is 6.12. The molecule has 0 radical (unpaired) electrons. The predicted octanol–water partition coefficient (Wildman–Crippen LogP) is 0.241. The Morgan fingerprint density at radius 1 is 1.47 bits per heavy atom. The number of amides is 2. The number of fused-ring (bicyclic) bond motifs is 1. The number of ether oxygens (including phenoxy) is 1. The van der Waals surface area contributed by atoms with Crippen molar-refractivity contribution < 1.29 is 24.2 Å². The molecule has 19 heavy (non-hydrogen) atoms. The van der Waals surface area contributed by atoms with Gasteiger partial charge in [-0.3, -0.25) is 14.4 Å². The van der Waals surface area contributed by atoms with Gasteiger partial charge in [0.05, 0.1) is 5.69 Å². The van der Waals surface area contributed by atoms with Gasteiger partial charge in [0.1, 0.15) is 11.7 Å². The van der Waals surface area contributed by atoms with Crippen LogP contribution in [0.5, 0.6) is 5.75 Å². The second-order valence-corrected chi connectivity index (χ2v) is 4.14. The molecule has 1 aliphatic rings. The molecule has 3 N–H and O–H groups in total. The van der Waals surface area contributed by atoms with Crippen molar-refractivity contribution in [3.05, 3.63) is 18.2 Å². The van der Waals surface area contributed by atoms with Crippen LogP contribution in [0.25, 0.3) is 0 Å². The fourth-order valence-corrected chi connectivity index (χ4v) is 1.71. The highest BCUT2D eigenvalue weighted by Gasteiger charge is 2.36. The second kappa shape index (κ2) is 4.60. The highest BCUT2D eigenvalue weighted by atomic mass is 16.5. The van der Waals surface area contributed by atoms with Crippen molar-refractivity contribution in [2.75, 3.05) is 17.2 Å². The highest BCUT2D eigenvalue weighted by Crippen LogP contribution is 2.34. The zero-order chi connectivity index (χ0) is 14.2. The maximum absolute atomic E-state index is 12.1. The largest absolute Gasteiger partial charge is 0.482 e. The minimum atomic E-state index is -1.32. The molecule has 0 fully saturated rings. The third kappa shape index (κ3) is 2.22. The molecule has 1 heterocycles. The van der Waals surface area contributed by atoms with Gasteiger partial charge in [-0.05, 0) is 25.1 Å². The van der Waals surface area contributed by atoms with Gasteiger partial charge in [-0.1, -0.05) is 0 Å². The summed E-state index contributed by atoms with van der Waals surface area (Å²) < 4.78 is 5.16. The standard InChI is InChI=1S/C12H12N2O5/c1-6(12(17)18)11(16)14-8-4-7(13)2-3-9(8)19-5-10(14)15/h2-4,6H,5,13H2,1H3,(H,17,18). The molecule has 1 aromatic rings. The fourth-order valence-electron chi connectivity index (χ4n) is 1.71. The number of nitrogens with two attached hydrogens (primary N) is 1. The zero-order valence-corrected chi connectivity index (χ0v) is 10.1. The van der Waals surface area contributed by atoms with Gasteiger partial charge in [-0.25, -0.2) is 4.90 Å². The Bertz CT molecular complexity index is 569. The highest BCUT2D eigenvalue weighted by molar-refractivity contribution is 6.21. The molecule has 2 amide bonds. The molecule has 0 bridgehead atoms. The third-order valence-corrected chi connectivity index (χ3v) is 2.79. The van der Waals surface area contributed by atoms with Crippen LogP contribution >= 0.6 is 0 Å². The number of nitrogens with zero attached hydrogens (tertiary/aromatic N) is 1. The number of carbonyl (C=O) groups is 3. The number of imide groups is 1. The predicted molar refractivity (Wildman–Crippen MR) is 65.6 cm³/mol. The number of nitrogen functional groups attached to an aromatic ring is 1. The number of anilines is 2. The smallest absolute Gasteiger partial charge is 0.315 e. The molecule has 0 aliphatic carbocycles. The van der Waals surface area contributed by atoms with Gasteiger partial charge >= 0.3 is 5.97 Å². The molecule has 7 heteroatoms. The number of benzene rings is 1. The number of carboxylic acid groups (broad SMARTS) is 1. The van der Waals surface area contributed by atoms with Crippen LogP contribution in [-0.2, 0) is 14.4 Å². The van der Waals surface area contributed by atoms with Crippen LogP contribution in [0.2, 0.25) is 0 Å². The van der Waals surface area contributed by atoms with Crippen molar-refractivity contribution in [3.63, 3.8) is 0 Å². The van der Waals surface area contributed by atoms with Gasteiger partial charge in [-0.2, -0.15) is 0 Å². The van der Waals surface area contributed by atoms with E-state index in [2.05, 4.69) is 0 Å². The van der Waals surface area contributed by atoms with Gasteiger partial charge < -0.3 is 15.6 Å². The number of carboxylic acids is 1. The molecule has 1 atom stereocenters. The van der Waals surface area contributed by atoms with Crippen molar-refractivity contribution in [1.29, 1.82) is 0 Å². The van der Waals surface area contributed by atoms with Crippen molar-refractivity contribution in [1.82, 2.24) is 0 Å². The first kappa shape index (κ1) is 12.9. The molecule has 0 saturated heterocycles. The molecule has 0 aromatic heterocycles. The van der Waals surface area contributed by atoms with E-state index in [0.29, 0.717) is 11.4 Å². The topological polar surface area (TPSA) is 110 Å². The molecule has 1 unspecified atom stereocenters. The summed E-state index contributed by atoms with van der Waals surface area (Å²) in [7, 11) is 0. The first-order valence-corrected chi connectivity index (χ1v) is 5.53. The normalized spacial score (nSPS) is 15.4. The Labute approximate surface area is 108 Å². The summed E-state index contributed by atoms with van der Waals surface area (Å²) in [6, 6.07) is 4.50. The minimum Gasteiger partial charge on any atom is -0.482 e. The van der Waals surface area contributed by atoms with E-state index in [4.69, 9.17) is 15.6 Å². The number of hydrogen-bond donors (Lipinski definition) is 2. The van der Waals surface area contributed by atoms with Crippen LogP contribution in [0.3, 0.4) is 0 Å². The zero-order valence-electron chi connectivity index (χ0n) is 10.1. The lowest BCUT2D eigenvalue weighted by Gasteiger charge is -2.29. The Hall–Kier alpha value is -2.57. The third-order valence-electron chi connectivity index (χ3n) is 2.79. The van der Waals surface area contributed by atoms with Gasteiger partial charge in [0.25, 0.3) is 5.91 Å². The lowest BCUT2D eigenvalue weighted by Crippen LogP contribution is -2.47. The monoisotopic (exact) mass is 264 g/mol. The molecule has 7 nitrogen and oxygen atoms in total. The molecular formula is C12H12N2O5. The maximum Gasteiger partial charge on any atom is 0.315 e. The minimum absolute atomic E-state index is 0.175. The Kier molecular flexibility index (Phi) is 3.12. The van der Waals surface area contributed by atoms with E-state index >= 15 is 0 Å². The van der Waals surface area contributed by atoms with E-state index in [1.807, 2.05) is 0 Å². The van der Waals surface area contributed by atoms with Crippen LogP contribution in [-0.4, -0.2) is 29.5 Å². The summed E-state index contributed by atoms with van der Waals surface area (Å²) in [5.74, 6) is -3.73. The maximum atomic E-state index is 12.1. The lowest BCUT2D eigenvalue weighted by molar-refractivity contribution is -0.145. The summed E-state index contributed by atoms with van der Waals surface area (Å²) >= 11 is 0. The van der Waals surface area contributed by atoms with Crippen LogP contribution in [0, 0.1) is 5.92 Å². The quantitative estimate of drug-likeness (QED) is 0.585. The summed E-state index contributed by atoms with van der Waals surface area (Å²) in [5, 5.41) is 8.86. The average Bonchev–Trinajstić information content (AvgIpc) is 2.36. The fraction of sp³-hybridized carbons (Fsp3) is 0.250. The van der Waals surface area contributed by atoms with E-state index in [-0.39, 0.29) is 12.3 Å².